The highest BCUT2D eigenvalue weighted by atomic mass is 35.5. The molecule has 0 unspecified atom stereocenters. The summed E-state index contributed by atoms with van der Waals surface area (Å²) in [5, 5.41) is 3.80. The smallest absolute Gasteiger partial charge is 0.243 e. The Balaban J connectivity index is 2.05. The fourth-order valence-corrected chi connectivity index (χ4v) is 2.85. The average Bonchev–Trinajstić information content (AvgIpc) is 2.93. The zero-order valence-corrected chi connectivity index (χ0v) is 13.2. The van der Waals surface area contributed by atoms with E-state index in [-0.39, 0.29) is 5.78 Å². The first-order valence-electron chi connectivity index (χ1n) is 6.47. The van der Waals surface area contributed by atoms with Crippen LogP contribution in [0, 0.1) is 0 Å². The molecule has 0 fully saturated rings. The first-order chi connectivity index (χ1) is 10.9. The summed E-state index contributed by atoms with van der Waals surface area (Å²) >= 11 is 7.53. The summed E-state index contributed by atoms with van der Waals surface area (Å²) in [4.78, 5) is 12.1. The zero-order chi connectivity index (χ0) is 16.6. The van der Waals surface area contributed by atoms with Crippen molar-refractivity contribution < 1.29 is 13.2 Å². The van der Waals surface area contributed by atoms with Crippen LogP contribution in [0.15, 0.2) is 29.6 Å². The van der Waals surface area contributed by atoms with Crippen molar-refractivity contribution in [1.29, 1.82) is 0 Å². The van der Waals surface area contributed by atoms with E-state index >= 15 is 0 Å². The molecule has 5 nitrogen and oxygen atoms in total. The Bertz CT molecular complexity index is 864. The van der Waals surface area contributed by atoms with E-state index < -0.39 is 12.0 Å². The molecule has 0 aliphatic heterocycles. The van der Waals surface area contributed by atoms with Crippen LogP contribution >= 0.6 is 23.4 Å². The van der Waals surface area contributed by atoms with Gasteiger partial charge in [0, 0.05) is 34.6 Å². The minimum Gasteiger partial charge on any atom is -0.243 e. The number of nitrogens with zero attached hydrogens (tertiary/aromatic N) is 5. The second kappa shape index (κ2) is 5.97. The van der Waals surface area contributed by atoms with Gasteiger partial charge in [-0.1, -0.05) is 18.5 Å². The van der Waals surface area contributed by atoms with Gasteiger partial charge in [0.2, 0.25) is 0 Å². The van der Waals surface area contributed by atoms with E-state index in [2.05, 4.69) is 20.1 Å². The largest absolute Gasteiger partial charge is 0.453 e. The molecule has 0 bridgehead atoms. The van der Waals surface area contributed by atoms with Crippen LogP contribution in [-0.2, 0) is 6.18 Å². The Morgan fingerprint density at radius 1 is 1.22 bits per heavy atom. The second-order valence-electron chi connectivity index (χ2n) is 4.47. The molecule has 3 aromatic heterocycles. The van der Waals surface area contributed by atoms with Crippen molar-refractivity contribution in [1.82, 2.24) is 24.6 Å². The molecule has 120 valence electrons. The first-order valence-corrected chi connectivity index (χ1v) is 7.83. The van der Waals surface area contributed by atoms with Gasteiger partial charge in [0.05, 0.1) is 0 Å². The molecule has 3 heterocycles. The molecule has 0 aliphatic rings. The molecule has 0 aliphatic carbocycles. The molecule has 0 atom stereocenters. The standard InChI is InChI=1S/C13H9ClF3N5S/c1-2-23-9-3-7(4-18-10(9)14)8-5-19-12-20-11(13(15,16)17)21-22(12)6-8/h3-6H,2H2,1H3. The zero-order valence-electron chi connectivity index (χ0n) is 11.7. The summed E-state index contributed by atoms with van der Waals surface area (Å²) in [5.74, 6) is -0.523. The first kappa shape index (κ1) is 16.0. The Hall–Kier alpha value is -1.87. The third-order valence-corrected chi connectivity index (χ3v) is 4.21. The molecule has 0 N–H and O–H groups in total. The Morgan fingerprint density at radius 3 is 2.65 bits per heavy atom. The highest BCUT2D eigenvalue weighted by molar-refractivity contribution is 7.99. The number of fused-ring (bicyclic) bond motifs is 1. The molecule has 0 amide bonds. The summed E-state index contributed by atoms with van der Waals surface area (Å²) in [6, 6.07) is 1.81. The summed E-state index contributed by atoms with van der Waals surface area (Å²) in [5.41, 5.74) is 1.25. The normalized spacial score (nSPS) is 12.0. The molecular weight excluding hydrogens is 351 g/mol. The van der Waals surface area contributed by atoms with Crippen molar-refractivity contribution in [3.8, 4) is 11.1 Å². The number of pyridine rings is 1. The van der Waals surface area contributed by atoms with E-state index in [0.29, 0.717) is 16.3 Å². The second-order valence-corrected chi connectivity index (χ2v) is 6.13. The van der Waals surface area contributed by atoms with Gasteiger partial charge in [0.1, 0.15) is 5.15 Å². The third-order valence-electron chi connectivity index (χ3n) is 2.89. The van der Waals surface area contributed by atoms with E-state index in [1.165, 1.54) is 30.4 Å². The number of halogens is 4. The van der Waals surface area contributed by atoms with E-state index in [0.717, 1.165) is 15.2 Å². The number of aromatic nitrogens is 5. The maximum atomic E-state index is 12.6. The highest BCUT2D eigenvalue weighted by Crippen LogP contribution is 2.30. The predicted octanol–water partition coefficient (Wildman–Crippen LogP) is 3.97. The van der Waals surface area contributed by atoms with Crippen molar-refractivity contribution in [3.63, 3.8) is 0 Å². The molecule has 0 aromatic carbocycles. The Morgan fingerprint density at radius 2 is 1.96 bits per heavy atom. The number of thioether (sulfide) groups is 1. The van der Waals surface area contributed by atoms with Gasteiger partial charge in [0.25, 0.3) is 11.6 Å². The predicted molar refractivity (Wildman–Crippen MR) is 80.4 cm³/mol. The van der Waals surface area contributed by atoms with Crippen molar-refractivity contribution in [3.05, 3.63) is 35.6 Å². The van der Waals surface area contributed by atoms with Gasteiger partial charge in [-0.15, -0.1) is 16.9 Å². The van der Waals surface area contributed by atoms with Crippen LogP contribution in [-0.4, -0.2) is 30.3 Å². The highest BCUT2D eigenvalue weighted by Gasteiger charge is 2.36. The van der Waals surface area contributed by atoms with Gasteiger partial charge < -0.3 is 0 Å². The maximum Gasteiger partial charge on any atom is 0.453 e. The minimum atomic E-state index is -4.61. The molecule has 0 radical (unpaired) electrons. The van der Waals surface area contributed by atoms with Gasteiger partial charge in [-0.25, -0.2) is 14.5 Å². The SMILES string of the molecule is CCSc1cc(-c2cnc3nc(C(F)(F)F)nn3c2)cnc1Cl. The summed E-state index contributed by atoms with van der Waals surface area (Å²) < 4.78 is 38.9. The number of alkyl halides is 3. The quantitative estimate of drug-likeness (QED) is 0.523. The van der Waals surface area contributed by atoms with Crippen LogP contribution in [0.4, 0.5) is 13.2 Å². The fraction of sp³-hybridized carbons (Fsp3) is 0.231. The minimum absolute atomic E-state index is 0.119. The Labute approximate surface area is 137 Å². The van der Waals surface area contributed by atoms with Crippen LogP contribution < -0.4 is 0 Å². The van der Waals surface area contributed by atoms with Crippen LogP contribution in [0.3, 0.4) is 0 Å². The lowest BCUT2D eigenvalue weighted by molar-refractivity contribution is -0.144. The van der Waals surface area contributed by atoms with E-state index in [1.54, 1.807) is 0 Å². The van der Waals surface area contributed by atoms with Gasteiger partial charge in [-0.2, -0.15) is 18.2 Å². The summed E-state index contributed by atoms with van der Waals surface area (Å²) in [7, 11) is 0. The van der Waals surface area contributed by atoms with Gasteiger partial charge >= 0.3 is 6.18 Å². The molecule has 3 rings (SSSR count). The average molecular weight is 360 g/mol. The van der Waals surface area contributed by atoms with Gasteiger partial charge in [0.15, 0.2) is 0 Å². The van der Waals surface area contributed by atoms with Gasteiger partial charge in [-0.05, 0) is 11.8 Å². The molecule has 0 saturated carbocycles. The molecule has 0 saturated heterocycles. The molecule has 23 heavy (non-hydrogen) atoms. The third kappa shape index (κ3) is 3.25. The van der Waals surface area contributed by atoms with Crippen LogP contribution in [0.5, 0.6) is 0 Å². The topological polar surface area (TPSA) is 56.0 Å². The van der Waals surface area contributed by atoms with E-state index in [9.17, 15) is 13.2 Å². The van der Waals surface area contributed by atoms with Crippen molar-refractivity contribution in [2.75, 3.05) is 5.75 Å². The van der Waals surface area contributed by atoms with E-state index in [4.69, 9.17) is 11.6 Å². The van der Waals surface area contributed by atoms with E-state index in [1.807, 2.05) is 13.0 Å². The molecular formula is C13H9ClF3N5S. The van der Waals surface area contributed by atoms with Crippen molar-refractivity contribution in [2.45, 2.75) is 18.0 Å². The monoisotopic (exact) mass is 359 g/mol. The van der Waals surface area contributed by atoms with Crippen LogP contribution in [0.25, 0.3) is 16.9 Å². The number of hydrogen-bond donors (Lipinski definition) is 0. The fourth-order valence-electron chi connectivity index (χ4n) is 1.89. The van der Waals surface area contributed by atoms with Crippen LogP contribution in [0.2, 0.25) is 5.15 Å². The number of rotatable bonds is 3. The molecule has 3 aromatic rings. The summed E-state index contributed by atoms with van der Waals surface area (Å²) in [6.07, 6.45) is -0.224. The van der Waals surface area contributed by atoms with Crippen molar-refractivity contribution >= 4 is 29.1 Å². The lowest BCUT2D eigenvalue weighted by Gasteiger charge is -2.05. The maximum absolute atomic E-state index is 12.6. The molecule has 0 spiro atoms. The lowest BCUT2D eigenvalue weighted by Crippen LogP contribution is -2.07. The van der Waals surface area contributed by atoms with Gasteiger partial charge in [-0.3, -0.25) is 0 Å². The lowest BCUT2D eigenvalue weighted by atomic mass is 10.1. The van der Waals surface area contributed by atoms with Crippen molar-refractivity contribution in [2.24, 2.45) is 0 Å². The number of hydrogen-bond acceptors (Lipinski definition) is 5. The van der Waals surface area contributed by atoms with Crippen LogP contribution in [0.1, 0.15) is 12.7 Å². The summed E-state index contributed by atoms with van der Waals surface area (Å²) in [6.45, 7) is 1.98. The molecule has 10 heteroatoms. The Kier molecular flexibility index (Phi) is 4.15.